The van der Waals surface area contributed by atoms with E-state index in [0.717, 1.165) is 17.0 Å². The van der Waals surface area contributed by atoms with Crippen LogP contribution in [0.5, 0.6) is 0 Å². The Kier molecular flexibility index (Phi) is 6.65. The van der Waals surface area contributed by atoms with Crippen molar-refractivity contribution in [3.05, 3.63) is 40.7 Å². The van der Waals surface area contributed by atoms with Gasteiger partial charge in [0.15, 0.2) is 5.78 Å². The highest BCUT2D eigenvalue weighted by Crippen LogP contribution is 2.45. The minimum absolute atomic E-state index is 0.000483. The smallest absolute Gasteiger partial charge is 0.325 e. The molecule has 9 heteroatoms. The molecule has 1 heterocycles. The zero-order valence-corrected chi connectivity index (χ0v) is 20.6. The van der Waals surface area contributed by atoms with Gasteiger partial charge in [-0.2, -0.15) is 0 Å². The lowest BCUT2D eigenvalue weighted by atomic mass is 9.76. The van der Waals surface area contributed by atoms with Crippen molar-refractivity contribution in [3.8, 4) is 0 Å². The maximum Gasteiger partial charge on any atom is 0.325 e. The van der Waals surface area contributed by atoms with Gasteiger partial charge in [0.25, 0.3) is 9.05 Å². The zero-order chi connectivity index (χ0) is 23.1. The molecule has 0 saturated heterocycles. The summed E-state index contributed by atoms with van der Waals surface area (Å²) >= 11 is 1.20. The molecule has 1 aromatic carbocycles. The molecule has 0 saturated carbocycles. The molecular weight excluding hydrogens is 458 g/mol. The molecule has 0 bridgehead atoms. The Labute approximate surface area is 191 Å². The number of rotatable bonds is 6. The molecular formula is C22H26ClNO5S2. The van der Waals surface area contributed by atoms with E-state index >= 15 is 0 Å². The van der Waals surface area contributed by atoms with Gasteiger partial charge in [0, 0.05) is 38.3 Å². The predicted molar refractivity (Wildman–Crippen MR) is 121 cm³/mol. The second-order valence-electron chi connectivity index (χ2n) is 8.56. The third-order valence-corrected chi connectivity index (χ3v) is 8.08. The fraction of sp³-hybridized carbons (Fsp3) is 0.455. The molecule has 1 aromatic heterocycles. The van der Waals surface area contributed by atoms with Crippen LogP contribution in [0.3, 0.4) is 0 Å². The molecule has 2 aromatic rings. The van der Waals surface area contributed by atoms with Crippen molar-refractivity contribution in [3.63, 3.8) is 0 Å². The van der Waals surface area contributed by atoms with E-state index in [-0.39, 0.29) is 35.2 Å². The summed E-state index contributed by atoms with van der Waals surface area (Å²) < 4.78 is 31.3. The molecule has 0 radical (unpaired) electrons. The first-order valence-corrected chi connectivity index (χ1v) is 13.1. The number of aromatic nitrogens is 1. The van der Waals surface area contributed by atoms with Gasteiger partial charge in [-0.3, -0.25) is 9.59 Å². The van der Waals surface area contributed by atoms with Gasteiger partial charge in [0.2, 0.25) is 0 Å². The number of benzene rings is 1. The molecule has 6 nitrogen and oxygen atoms in total. The number of fused-ring (bicyclic) bond motifs is 1. The van der Waals surface area contributed by atoms with Gasteiger partial charge in [0.1, 0.15) is 6.54 Å². The number of halogens is 1. The SMILES string of the molecule is CCOC(=O)Cn1c(C)c(Sc2ccc(C)cc2S(=O)(=O)Cl)c2c1CC(C)(C)CC2=O. The molecule has 0 fully saturated rings. The minimum atomic E-state index is -3.98. The van der Waals surface area contributed by atoms with E-state index in [1.807, 2.05) is 25.3 Å². The van der Waals surface area contributed by atoms with E-state index in [1.54, 1.807) is 26.0 Å². The van der Waals surface area contributed by atoms with Crippen LogP contribution in [0.1, 0.15) is 54.5 Å². The van der Waals surface area contributed by atoms with E-state index in [9.17, 15) is 18.0 Å². The maximum absolute atomic E-state index is 13.1. The van der Waals surface area contributed by atoms with Gasteiger partial charge in [-0.1, -0.05) is 31.7 Å². The van der Waals surface area contributed by atoms with Gasteiger partial charge >= 0.3 is 5.97 Å². The van der Waals surface area contributed by atoms with Crippen molar-refractivity contribution in [2.24, 2.45) is 5.41 Å². The van der Waals surface area contributed by atoms with Gasteiger partial charge in [-0.05, 0) is 50.3 Å². The number of hydrogen-bond donors (Lipinski definition) is 0. The van der Waals surface area contributed by atoms with Gasteiger partial charge in [-0.15, -0.1) is 0 Å². The van der Waals surface area contributed by atoms with Crippen LogP contribution in [0.15, 0.2) is 32.9 Å². The molecule has 168 valence electrons. The monoisotopic (exact) mass is 483 g/mol. The first-order chi connectivity index (χ1) is 14.3. The summed E-state index contributed by atoms with van der Waals surface area (Å²) in [4.78, 5) is 26.5. The van der Waals surface area contributed by atoms with E-state index in [2.05, 4.69) is 0 Å². The number of carbonyl (C=O) groups is 2. The quantitative estimate of drug-likeness (QED) is 0.429. The van der Waals surface area contributed by atoms with Gasteiger partial charge in [-0.25, -0.2) is 8.42 Å². The standard InChI is InChI=1S/C22H26ClNO5S2/c1-6-29-19(26)12-24-14(3)21(20-15(24)10-22(4,5)11-16(20)25)30-17-8-7-13(2)9-18(17)31(23,27)28/h7-9H,6,10-12H2,1-5H3. The molecule has 1 aliphatic rings. The number of carbonyl (C=O) groups excluding carboxylic acids is 2. The Balaban J connectivity index is 2.18. The average molecular weight is 484 g/mol. The molecule has 0 spiro atoms. The van der Waals surface area contributed by atoms with E-state index in [0.29, 0.717) is 28.2 Å². The lowest BCUT2D eigenvalue weighted by Gasteiger charge is -2.30. The second-order valence-corrected chi connectivity index (χ2v) is 12.1. The number of esters is 1. The average Bonchev–Trinajstić information content (AvgIpc) is 2.87. The third-order valence-electron chi connectivity index (χ3n) is 5.31. The van der Waals surface area contributed by atoms with Gasteiger partial charge in [0.05, 0.1) is 17.1 Å². The summed E-state index contributed by atoms with van der Waals surface area (Å²) in [6, 6.07) is 5.02. The summed E-state index contributed by atoms with van der Waals surface area (Å²) in [6.07, 6.45) is 1.01. The van der Waals surface area contributed by atoms with Crippen LogP contribution in [0, 0.1) is 19.3 Å². The summed E-state index contributed by atoms with van der Waals surface area (Å²) in [7, 11) is 1.71. The molecule has 0 amide bonds. The second kappa shape index (κ2) is 8.64. The minimum Gasteiger partial charge on any atom is -0.465 e. The highest BCUT2D eigenvalue weighted by Gasteiger charge is 2.37. The van der Waals surface area contributed by atoms with Crippen LogP contribution in [-0.4, -0.2) is 31.3 Å². The number of nitrogens with zero attached hydrogens (tertiary/aromatic N) is 1. The van der Waals surface area contributed by atoms with Crippen molar-refractivity contribution in [2.75, 3.05) is 6.61 Å². The summed E-state index contributed by atoms with van der Waals surface area (Å²) in [5.41, 5.74) is 2.60. The number of ether oxygens (including phenoxy) is 1. The largest absolute Gasteiger partial charge is 0.465 e. The van der Waals surface area contributed by atoms with Crippen molar-refractivity contribution < 1.29 is 22.7 Å². The molecule has 3 rings (SSSR count). The van der Waals surface area contributed by atoms with E-state index in [1.165, 1.54) is 17.8 Å². The molecule has 0 aliphatic heterocycles. The summed E-state index contributed by atoms with van der Waals surface area (Å²) in [5, 5.41) is 0. The first kappa shape index (κ1) is 23.9. The zero-order valence-electron chi connectivity index (χ0n) is 18.2. The molecule has 0 unspecified atom stereocenters. The van der Waals surface area contributed by atoms with Crippen LogP contribution < -0.4 is 0 Å². The van der Waals surface area contributed by atoms with E-state index < -0.39 is 9.05 Å². The molecule has 1 aliphatic carbocycles. The first-order valence-electron chi connectivity index (χ1n) is 9.98. The summed E-state index contributed by atoms with van der Waals surface area (Å²) in [5.74, 6) is -0.392. The lowest BCUT2D eigenvalue weighted by Crippen LogP contribution is -2.29. The van der Waals surface area contributed by atoms with E-state index in [4.69, 9.17) is 15.4 Å². The Hall–Kier alpha value is -1.77. The van der Waals surface area contributed by atoms with Crippen molar-refractivity contribution in [1.29, 1.82) is 0 Å². The Morgan fingerprint density at radius 2 is 1.94 bits per heavy atom. The highest BCUT2D eigenvalue weighted by molar-refractivity contribution is 8.14. The Morgan fingerprint density at radius 3 is 2.55 bits per heavy atom. The molecule has 0 N–H and O–H groups in total. The molecule has 0 atom stereocenters. The van der Waals surface area contributed by atoms with Crippen LogP contribution in [0.2, 0.25) is 0 Å². The van der Waals surface area contributed by atoms with Crippen LogP contribution >= 0.6 is 22.4 Å². The fourth-order valence-electron chi connectivity index (χ4n) is 3.96. The predicted octanol–water partition coefficient (Wildman–Crippen LogP) is 4.90. The number of Topliss-reactive ketones (excluding diaryl/α,β-unsaturated/α-hetero) is 1. The number of ketones is 1. The van der Waals surface area contributed by atoms with Crippen molar-refractivity contribution in [2.45, 2.75) is 68.7 Å². The Bertz CT molecular complexity index is 1170. The normalized spacial score (nSPS) is 15.6. The summed E-state index contributed by atoms with van der Waals surface area (Å²) in [6.45, 7) is 9.69. The lowest BCUT2D eigenvalue weighted by molar-refractivity contribution is -0.143. The van der Waals surface area contributed by atoms with Crippen LogP contribution in [-0.2, 0) is 31.5 Å². The fourth-order valence-corrected chi connectivity index (χ4v) is 6.67. The highest BCUT2D eigenvalue weighted by atomic mass is 35.7. The number of aryl methyl sites for hydroxylation is 1. The Morgan fingerprint density at radius 1 is 1.26 bits per heavy atom. The molecule has 31 heavy (non-hydrogen) atoms. The topological polar surface area (TPSA) is 82.4 Å². The van der Waals surface area contributed by atoms with Crippen LogP contribution in [0.4, 0.5) is 0 Å². The third kappa shape index (κ3) is 5.02. The maximum atomic E-state index is 13.1. The van der Waals surface area contributed by atoms with Crippen molar-refractivity contribution in [1.82, 2.24) is 4.57 Å². The van der Waals surface area contributed by atoms with Crippen molar-refractivity contribution >= 4 is 43.2 Å². The van der Waals surface area contributed by atoms with Gasteiger partial charge < -0.3 is 9.30 Å². The van der Waals surface area contributed by atoms with Crippen LogP contribution in [0.25, 0.3) is 0 Å². The number of hydrogen-bond acceptors (Lipinski definition) is 6.